The lowest BCUT2D eigenvalue weighted by Gasteiger charge is -2.41. The molecule has 1 aliphatic carbocycles. The zero-order valence-electron chi connectivity index (χ0n) is 10.1. The van der Waals surface area contributed by atoms with Crippen molar-refractivity contribution >= 4 is 5.97 Å². The van der Waals surface area contributed by atoms with Crippen molar-refractivity contribution < 1.29 is 9.90 Å². The summed E-state index contributed by atoms with van der Waals surface area (Å²) in [5.74, 6) is 0.102. The highest BCUT2D eigenvalue weighted by Gasteiger charge is 2.43. The molecule has 0 radical (unpaired) electrons. The van der Waals surface area contributed by atoms with Gasteiger partial charge in [-0.15, -0.1) is 0 Å². The Balaban J connectivity index is 2.62. The number of hydrogen-bond acceptors (Lipinski definition) is 2. The lowest BCUT2D eigenvalue weighted by Crippen LogP contribution is -2.53. The number of carboxylic acids is 1. The van der Waals surface area contributed by atoms with Gasteiger partial charge in [0.25, 0.3) is 0 Å². The second-order valence-electron chi connectivity index (χ2n) is 4.96. The molecule has 3 heteroatoms. The van der Waals surface area contributed by atoms with E-state index in [2.05, 4.69) is 6.92 Å². The van der Waals surface area contributed by atoms with Gasteiger partial charge in [-0.25, -0.2) is 0 Å². The largest absolute Gasteiger partial charge is 0.480 e. The Morgan fingerprint density at radius 2 is 1.93 bits per heavy atom. The number of aliphatic carboxylic acids is 1. The molecule has 1 N–H and O–H groups in total. The topological polar surface area (TPSA) is 40.5 Å². The van der Waals surface area contributed by atoms with Crippen molar-refractivity contribution in [3.63, 3.8) is 0 Å². The van der Waals surface area contributed by atoms with Crippen molar-refractivity contribution in [1.82, 2.24) is 4.90 Å². The highest BCUT2D eigenvalue weighted by Crippen LogP contribution is 2.37. The van der Waals surface area contributed by atoms with E-state index in [0.717, 1.165) is 31.6 Å². The summed E-state index contributed by atoms with van der Waals surface area (Å²) in [4.78, 5) is 13.2. The minimum atomic E-state index is -0.651. The van der Waals surface area contributed by atoms with Gasteiger partial charge >= 0.3 is 5.97 Å². The zero-order chi connectivity index (χ0) is 11.5. The fraction of sp³-hybridized carbons (Fsp3) is 0.917. The van der Waals surface area contributed by atoms with Gasteiger partial charge in [-0.05, 0) is 45.7 Å². The number of carboxylic acid groups (broad SMARTS) is 1. The first-order valence-electron chi connectivity index (χ1n) is 5.93. The molecule has 0 amide bonds. The first-order chi connectivity index (χ1) is 7.03. The van der Waals surface area contributed by atoms with E-state index in [0.29, 0.717) is 0 Å². The molecular weight excluding hydrogens is 190 g/mol. The van der Waals surface area contributed by atoms with Gasteiger partial charge in [-0.2, -0.15) is 0 Å². The molecule has 0 saturated heterocycles. The van der Waals surface area contributed by atoms with Crippen LogP contribution in [0.5, 0.6) is 0 Å². The monoisotopic (exact) mass is 213 g/mol. The van der Waals surface area contributed by atoms with Gasteiger partial charge in [0.2, 0.25) is 0 Å². The maximum atomic E-state index is 11.3. The van der Waals surface area contributed by atoms with E-state index < -0.39 is 11.5 Å². The molecule has 0 spiro atoms. The average Bonchev–Trinajstić information content (AvgIpc) is 2.18. The predicted octanol–water partition coefficient (Wildman–Crippen LogP) is 2.36. The van der Waals surface area contributed by atoms with Gasteiger partial charge in [0.05, 0.1) is 0 Å². The molecule has 88 valence electrons. The van der Waals surface area contributed by atoms with Crippen molar-refractivity contribution in [1.29, 1.82) is 0 Å². The van der Waals surface area contributed by atoms with E-state index in [9.17, 15) is 9.90 Å². The second kappa shape index (κ2) is 4.97. The molecule has 0 aliphatic heterocycles. The van der Waals surface area contributed by atoms with E-state index in [1.165, 1.54) is 12.8 Å². The highest BCUT2D eigenvalue weighted by atomic mass is 16.4. The summed E-state index contributed by atoms with van der Waals surface area (Å²) in [5.41, 5.74) is -0.593. The van der Waals surface area contributed by atoms with Gasteiger partial charge in [-0.3, -0.25) is 9.69 Å². The molecule has 0 aromatic heterocycles. The molecule has 0 unspecified atom stereocenters. The van der Waals surface area contributed by atoms with Crippen LogP contribution in [0.1, 0.15) is 45.4 Å². The normalized spacial score (nSPS) is 31.9. The van der Waals surface area contributed by atoms with Gasteiger partial charge in [0.15, 0.2) is 0 Å². The minimum absolute atomic E-state index is 0.593. The summed E-state index contributed by atoms with van der Waals surface area (Å²) in [6.45, 7) is 2.20. The smallest absolute Gasteiger partial charge is 0.324 e. The van der Waals surface area contributed by atoms with Crippen LogP contribution in [0.25, 0.3) is 0 Å². The van der Waals surface area contributed by atoms with Crippen LogP contribution in [0.3, 0.4) is 0 Å². The molecular formula is C12H23NO2. The minimum Gasteiger partial charge on any atom is -0.480 e. The summed E-state index contributed by atoms with van der Waals surface area (Å²) in [6, 6.07) is 0. The van der Waals surface area contributed by atoms with Crippen molar-refractivity contribution in [3.05, 3.63) is 0 Å². The molecule has 0 atom stereocenters. The number of nitrogens with zero attached hydrogens (tertiary/aromatic N) is 1. The van der Waals surface area contributed by atoms with Gasteiger partial charge in [-0.1, -0.05) is 19.8 Å². The second-order valence-corrected chi connectivity index (χ2v) is 4.96. The Labute approximate surface area is 92.5 Å². The highest BCUT2D eigenvalue weighted by molar-refractivity contribution is 5.78. The standard InChI is InChI=1S/C12H23NO2/c1-4-5-10-6-8-12(9-7-10,11(14)15)13(2)3/h10H,4-9H2,1-3H3,(H,14,15). The Bertz CT molecular complexity index is 218. The number of likely N-dealkylation sites (N-methyl/N-ethyl adjacent to an activating group) is 1. The number of hydrogen-bond donors (Lipinski definition) is 1. The Kier molecular flexibility index (Phi) is 4.14. The summed E-state index contributed by atoms with van der Waals surface area (Å²) >= 11 is 0. The fourth-order valence-corrected chi connectivity index (χ4v) is 2.70. The van der Waals surface area contributed by atoms with Crippen LogP contribution in [-0.2, 0) is 4.79 Å². The van der Waals surface area contributed by atoms with Crippen LogP contribution in [0.4, 0.5) is 0 Å². The molecule has 3 nitrogen and oxygen atoms in total. The Morgan fingerprint density at radius 3 is 2.27 bits per heavy atom. The quantitative estimate of drug-likeness (QED) is 0.779. The summed E-state index contributed by atoms with van der Waals surface area (Å²) in [7, 11) is 3.77. The van der Waals surface area contributed by atoms with Gasteiger partial charge < -0.3 is 5.11 Å². The van der Waals surface area contributed by atoms with E-state index >= 15 is 0 Å². The summed E-state index contributed by atoms with van der Waals surface area (Å²) in [5, 5.41) is 9.33. The Morgan fingerprint density at radius 1 is 1.40 bits per heavy atom. The Hall–Kier alpha value is -0.570. The van der Waals surface area contributed by atoms with Crippen LogP contribution >= 0.6 is 0 Å². The summed E-state index contributed by atoms with van der Waals surface area (Å²) < 4.78 is 0. The van der Waals surface area contributed by atoms with Crippen LogP contribution in [0, 0.1) is 5.92 Å². The number of rotatable bonds is 4. The lowest BCUT2D eigenvalue weighted by molar-refractivity contribution is -0.152. The first-order valence-corrected chi connectivity index (χ1v) is 5.93. The van der Waals surface area contributed by atoms with Crippen LogP contribution < -0.4 is 0 Å². The number of carbonyl (C=O) groups is 1. The molecule has 15 heavy (non-hydrogen) atoms. The molecule has 0 aromatic carbocycles. The predicted molar refractivity (Wildman–Crippen MR) is 60.9 cm³/mol. The van der Waals surface area contributed by atoms with E-state index in [1.807, 2.05) is 19.0 Å². The van der Waals surface area contributed by atoms with Gasteiger partial charge in [0.1, 0.15) is 5.54 Å². The van der Waals surface area contributed by atoms with Crippen LogP contribution in [0.2, 0.25) is 0 Å². The molecule has 0 aromatic rings. The fourth-order valence-electron chi connectivity index (χ4n) is 2.70. The van der Waals surface area contributed by atoms with E-state index in [1.54, 1.807) is 0 Å². The van der Waals surface area contributed by atoms with Gasteiger partial charge in [0, 0.05) is 0 Å². The zero-order valence-corrected chi connectivity index (χ0v) is 10.1. The van der Waals surface area contributed by atoms with Crippen molar-refractivity contribution in [2.45, 2.75) is 51.0 Å². The van der Waals surface area contributed by atoms with Crippen LogP contribution in [0.15, 0.2) is 0 Å². The average molecular weight is 213 g/mol. The molecule has 0 bridgehead atoms. The lowest BCUT2D eigenvalue weighted by atomic mass is 9.74. The third-order valence-electron chi connectivity index (χ3n) is 3.88. The maximum absolute atomic E-state index is 11.3. The third-order valence-corrected chi connectivity index (χ3v) is 3.88. The molecule has 1 saturated carbocycles. The van der Waals surface area contributed by atoms with Crippen LogP contribution in [-0.4, -0.2) is 35.6 Å². The molecule has 0 heterocycles. The maximum Gasteiger partial charge on any atom is 0.324 e. The molecule has 1 fully saturated rings. The van der Waals surface area contributed by atoms with Crippen molar-refractivity contribution in [3.8, 4) is 0 Å². The first kappa shape index (κ1) is 12.5. The summed E-state index contributed by atoms with van der Waals surface area (Å²) in [6.07, 6.45) is 6.21. The van der Waals surface area contributed by atoms with Crippen molar-refractivity contribution in [2.75, 3.05) is 14.1 Å². The van der Waals surface area contributed by atoms with E-state index in [4.69, 9.17) is 0 Å². The third kappa shape index (κ3) is 2.51. The molecule has 1 rings (SSSR count). The molecule has 1 aliphatic rings. The van der Waals surface area contributed by atoms with E-state index in [-0.39, 0.29) is 0 Å². The SMILES string of the molecule is CCCC1CCC(C(=O)O)(N(C)C)CC1. The van der Waals surface area contributed by atoms with Crippen molar-refractivity contribution in [2.24, 2.45) is 5.92 Å².